The van der Waals surface area contributed by atoms with E-state index in [0.29, 0.717) is 0 Å². The van der Waals surface area contributed by atoms with Crippen LogP contribution in [-0.4, -0.2) is 36.4 Å². The molecular formula is C9H19INS+. The minimum atomic E-state index is 1.33. The molecule has 0 saturated carbocycles. The molecule has 0 radical (unpaired) electrons. The number of quaternary nitrogens is 1. The van der Waals surface area contributed by atoms with Gasteiger partial charge in [-0.2, -0.15) is 0 Å². The lowest BCUT2D eigenvalue weighted by Gasteiger charge is -2.40. The van der Waals surface area contributed by atoms with Crippen LogP contribution < -0.4 is 0 Å². The van der Waals surface area contributed by atoms with Crippen LogP contribution in [0.4, 0.5) is 0 Å². The zero-order valence-electron chi connectivity index (χ0n) is 7.89. The Labute approximate surface area is 92.5 Å². The summed E-state index contributed by atoms with van der Waals surface area (Å²) in [6, 6.07) is 0. The van der Waals surface area contributed by atoms with Gasteiger partial charge in [-0.05, 0) is 47.4 Å². The summed E-state index contributed by atoms with van der Waals surface area (Å²) in [5, 5.41) is 0. The van der Waals surface area contributed by atoms with Gasteiger partial charge in [0, 0.05) is 0 Å². The fraction of sp³-hybridized carbons (Fsp3) is 1.00. The highest BCUT2D eigenvalue weighted by atomic mass is 127. The molecule has 3 heteroatoms. The summed E-state index contributed by atoms with van der Waals surface area (Å²) in [5.74, 6) is 1.33. The van der Waals surface area contributed by atoms with Gasteiger partial charge in [-0.3, -0.25) is 0 Å². The average Bonchev–Trinajstić information content (AvgIpc) is 2.16. The highest BCUT2D eigenvalue weighted by Crippen LogP contribution is 2.21. The van der Waals surface area contributed by atoms with Crippen molar-refractivity contribution >= 4 is 30.1 Å². The smallest absolute Gasteiger partial charge is 0.0886 e. The molecule has 0 unspecified atom stereocenters. The fourth-order valence-corrected chi connectivity index (χ4v) is 3.16. The molecule has 0 amide bonds. The van der Waals surface area contributed by atoms with Gasteiger partial charge >= 0.3 is 0 Å². The molecule has 0 aromatic heterocycles. The van der Waals surface area contributed by atoms with E-state index in [9.17, 15) is 0 Å². The topological polar surface area (TPSA) is 0 Å². The summed E-state index contributed by atoms with van der Waals surface area (Å²) in [7, 11) is 1.96. The van der Waals surface area contributed by atoms with Gasteiger partial charge in [-0.1, -0.05) is 8.93 Å². The van der Waals surface area contributed by atoms with Crippen molar-refractivity contribution in [3.8, 4) is 0 Å². The fourth-order valence-electron chi connectivity index (χ4n) is 2.11. The van der Waals surface area contributed by atoms with E-state index in [-0.39, 0.29) is 0 Å². The first kappa shape index (κ1) is 11.1. The maximum absolute atomic E-state index is 2.41. The maximum Gasteiger partial charge on any atom is 0.0886 e. The Bertz CT molecular complexity index is 124. The molecule has 12 heavy (non-hydrogen) atoms. The molecule has 1 heterocycles. The Morgan fingerprint density at radius 3 is 2.42 bits per heavy atom. The Morgan fingerprint density at radius 2 is 1.92 bits per heavy atom. The molecule has 72 valence electrons. The van der Waals surface area contributed by atoms with Crippen molar-refractivity contribution in [1.82, 2.24) is 0 Å². The van der Waals surface area contributed by atoms with E-state index >= 15 is 0 Å². The van der Waals surface area contributed by atoms with Crippen LogP contribution in [-0.2, 0) is 0 Å². The largest absolute Gasteiger partial charge is 0.323 e. The number of piperidine rings is 1. The van der Waals surface area contributed by atoms with E-state index < -0.39 is 0 Å². The second-order valence-electron chi connectivity index (χ2n) is 3.70. The van der Waals surface area contributed by atoms with Crippen molar-refractivity contribution in [2.45, 2.75) is 26.2 Å². The summed E-state index contributed by atoms with van der Waals surface area (Å²) in [6.45, 7) is 7.96. The van der Waals surface area contributed by atoms with E-state index in [2.05, 4.69) is 28.1 Å². The van der Waals surface area contributed by atoms with Gasteiger partial charge in [0.2, 0.25) is 0 Å². The molecule has 0 aromatic carbocycles. The van der Waals surface area contributed by atoms with Gasteiger partial charge < -0.3 is 4.48 Å². The van der Waals surface area contributed by atoms with Crippen molar-refractivity contribution in [1.29, 1.82) is 0 Å². The van der Waals surface area contributed by atoms with Gasteiger partial charge in [0.15, 0.2) is 0 Å². The minimum Gasteiger partial charge on any atom is -0.323 e. The molecule has 1 aliphatic rings. The molecule has 0 spiro atoms. The molecular weight excluding hydrogens is 281 g/mol. The van der Waals surface area contributed by atoms with Crippen molar-refractivity contribution in [2.75, 3.05) is 31.9 Å². The standard InChI is InChI=1S/C9H19INS/c1-2-11(8-9-12-10)6-4-3-5-7-11/h2-9H2,1H3/q+1. The first-order chi connectivity index (χ1) is 5.83. The predicted octanol–water partition coefficient (Wildman–Crippen LogP) is 3.09. The minimum absolute atomic E-state index is 1.33. The second kappa shape index (κ2) is 5.70. The van der Waals surface area contributed by atoms with Crippen LogP contribution in [0.2, 0.25) is 0 Å². The van der Waals surface area contributed by atoms with Crippen LogP contribution in [0.5, 0.6) is 0 Å². The van der Waals surface area contributed by atoms with E-state index in [4.69, 9.17) is 0 Å². The first-order valence-electron chi connectivity index (χ1n) is 4.91. The first-order valence-corrected chi connectivity index (χ1v) is 8.44. The average molecular weight is 300 g/mol. The molecule has 0 bridgehead atoms. The zero-order valence-corrected chi connectivity index (χ0v) is 10.9. The van der Waals surface area contributed by atoms with Crippen LogP contribution in [0.15, 0.2) is 0 Å². The molecule has 0 N–H and O–H groups in total. The number of rotatable bonds is 4. The summed E-state index contributed by atoms with van der Waals surface area (Å²) in [6.07, 6.45) is 4.39. The third kappa shape index (κ3) is 3.07. The molecule has 0 atom stereocenters. The van der Waals surface area contributed by atoms with Crippen molar-refractivity contribution in [3.05, 3.63) is 0 Å². The Kier molecular flexibility index (Phi) is 5.28. The van der Waals surface area contributed by atoms with Crippen LogP contribution in [0, 0.1) is 0 Å². The van der Waals surface area contributed by atoms with Crippen molar-refractivity contribution in [3.63, 3.8) is 0 Å². The van der Waals surface area contributed by atoms with Crippen LogP contribution in [0.3, 0.4) is 0 Å². The molecule has 0 aromatic rings. The summed E-state index contributed by atoms with van der Waals surface area (Å²) < 4.78 is 1.40. The van der Waals surface area contributed by atoms with Gasteiger partial charge in [0.1, 0.15) is 0 Å². The predicted molar refractivity (Wildman–Crippen MR) is 65.7 cm³/mol. The normalized spacial score (nSPS) is 22.5. The monoisotopic (exact) mass is 300 g/mol. The lowest BCUT2D eigenvalue weighted by molar-refractivity contribution is -0.928. The molecule has 1 fully saturated rings. The Balaban J connectivity index is 2.37. The molecule has 1 rings (SSSR count). The molecule has 0 aliphatic carbocycles. The van der Waals surface area contributed by atoms with E-state index in [1.165, 1.54) is 55.7 Å². The number of hydrogen-bond donors (Lipinski definition) is 0. The second-order valence-corrected chi connectivity index (χ2v) is 6.20. The molecule has 1 aliphatic heterocycles. The number of nitrogens with zero attached hydrogens (tertiary/aromatic N) is 1. The highest BCUT2D eigenvalue weighted by Gasteiger charge is 2.26. The zero-order chi connectivity index (χ0) is 8.86. The number of halogens is 1. The van der Waals surface area contributed by atoms with Crippen molar-refractivity contribution in [2.24, 2.45) is 0 Å². The quantitative estimate of drug-likeness (QED) is 0.568. The molecule has 1 nitrogen and oxygen atoms in total. The van der Waals surface area contributed by atoms with Crippen LogP contribution >= 0.6 is 30.1 Å². The maximum atomic E-state index is 2.41. The highest BCUT2D eigenvalue weighted by molar-refractivity contribution is 14.2. The van der Waals surface area contributed by atoms with Gasteiger partial charge in [0.25, 0.3) is 0 Å². The Hall–Kier alpha value is 1.04. The summed E-state index contributed by atoms with van der Waals surface area (Å²) in [5.41, 5.74) is 0. The van der Waals surface area contributed by atoms with E-state index in [1.807, 2.05) is 8.93 Å². The van der Waals surface area contributed by atoms with Gasteiger partial charge in [0.05, 0.1) is 31.9 Å². The number of likely N-dealkylation sites (tertiary alicyclic amines) is 1. The SMILES string of the molecule is CC[N+]1(CCSI)CCCCC1. The van der Waals surface area contributed by atoms with Crippen molar-refractivity contribution < 1.29 is 4.48 Å². The third-order valence-electron chi connectivity index (χ3n) is 3.08. The number of hydrogen-bond acceptors (Lipinski definition) is 1. The summed E-state index contributed by atoms with van der Waals surface area (Å²) >= 11 is 2.41. The van der Waals surface area contributed by atoms with Gasteiger partial charge in [-0.15, -0.1) is 0 Å². The lowest BCUT2D eigenvalue weighted by Crippen LogP contribution is -2.52. The van der Waals surface area contributed by atoms with E-state index in [0.717, 1.165) is 0 Å². The Morgan fingerprint density at radius 1 is 1.25 bits per heavy atom. The van der Waals surface area contributed by atoms with Gasteiger partial charge in [-0.25, -0.2) is 0 Å². The van der Waals surface area contributed by atoms with E-state index in [1.54, 1.807) is 0 Å². The van der Waals surface area contributed by atoms with Crippen LogP contribution in [0.25, 0.3) is 0 Å². The third-order valence-corrected chi connectivity index (χ3v) is 4.74. The van der Waals surface area contributed by atoms with Crippen LogP contribution in [0.1, 0.15) is 26.2 Å². The lowest BCUT2D eigenvalue weighted by atomic mass is 10.1. The summed E-state index contributed by atoms with van der Waals surface area (Å²) in [4.78, 5) is 0. The molecule has 1 saturated heterocycles.